The lowest BCUT2D eigenvalue weighted by Gasteiger charge is -2.29. The van der Waals surface area contributed by atoms with Crippen molar-refractivity contribution in [1.82, 2.24) is 9.97 Å². The highest BCUT2D eigenvalue weighted by Gasteiger charge is 2.24. The number of nitrogens with zero attached hydrogens (tertiary/aromatic N) is 3. The first-order valence-electron chi connectivity index (χ1n) is 7.41. The van der Waals surface area contributed by atoms with Crippen LogP contribution >= 0.6 is 11.6 Å². The van der Waals surface area contributed by atoms with E-state index in [1.165, 1.54) is 0 Å². The van der Waals surface area contributed by atoms with Crippen molar-refractivity contribution >= 4 is 29.0 Å². The predicted octanol–water partition coefficient (Wildman–Crippen LogP) is 2.67. The molecule has 1 aliphatic heterocycles. The maximum absolute atomic E-state index is 12.1. The summed E-state index contributed by atoms with van der Waals surface area (Å²) in [4.78, 5) is 22.1. The van der Waals surface area contributed by atoms with Crippen LogP contribution in [0.15, 0.2) is 30.3 Å². The minimum absolute atomic E-state index is 0.0235. The zero-order valence-corrected chi connectivity index (χ0v) is 13.5. The molecule has 3 rings (SSSR count). The molecule has 2 heterocycles. The van der Waals surface area contributed by atoms with Crippen LogP contribution in [0.2, 0.25) is 5.15 Å². The normalized spacial score (nSPS) is 13.5. The first-order valence-corrected chi connectivity index (χ1v) is 7.78. The number of carbonyl (C=O) groups is 1. The number of hydrogen-bond donors (Lipinski definition) is 1. The number of fused-ring (bicyclic) bond motifs is 1. The average molecular weight is 333 g/mol. The fourth-order valence-corrected chi connectivity index (χ4v) is 2.70. The number of rotatable bonds is 5. The number of ether oxygens (including phenoxy) is 1. The molecule has 0 saturated carbocycles. The van der Waals surface area contributed by atoms with E-state index in [9.17, 15) is 4.79 Å². The molecule has 1 aliphatic rings. The van der Waals surface area contributed by atoms with E-state index in [0.29, 0.717) is 29.9 Å². The average Bonchev–Trinajstić information content (AvgIpc) is 2.52. The molecule has 1 aromatic carbocycles. The van der Waals surface area contributed by atoms with Gasteiger partial charge in [-0.05, 0) is 25.5 Å². The largest absolute Gasteiger partial charge is 0.482 e. The Hall–Kier alpha value is -2.34. The highest BCUT2D eigenvalue weighted by atomic mass is 35.5. The van der Waals surface area contributed by atoms with Crippen LogP contribution in [-0.4, -0.2) is 35.6 Å². The monoisotopic (exact) mass is 332 g/mol. The number of nitrogens with one attached hydrogen (secondary N) is 1. The molecule has 120 valence electrons. The Morgan fingerprint density at radius 2 is 2.17 bits per heavy atom. The number of hydrogen-bond acceptors (Lipinski definition) is 5. The molecule has 1 N–H and O–H groups in total. The zero-order valence-electron chi connectivity index (χ0n) is 12.8. The number of anilines is 2. The van der Waals surface area contributed by atoms with Crippen molar-refractivity contribution < 1.29 is 9.53 Å². The molecule has 0 saturated heterocycles. The summed E-state index contributed by atoms with van der Waals surface area (Å²) >= 11 is 5.90. The smallest absolute Gasteiger partial charge is 0.265 e. The van der Waals surface area contributed by atoms with Crippen molar-refractivity contribution in [3.05, 3.63) is 41.3 Å². The molecule has 0 radical (unpaired) electrons. The molecule has 7 heteroatoms. The summed E-state index contributed by atoms with van der Waals surface area (Å²) in [6.07, 6.45) is 0.779. The Labute approximate surface area is 139 Å². The Kier molecular flexibility index (Phi) is 4.62. The van der Waals surface area contributed by atoms with Gasteiger partial charge in [-0.3, -0.25) is 4.79 Å². The van der Waals surface area contributed by atoms with E-state index in [4.69, 9.17) is 16.3 Å². The van der Waals surface area contributed by atoms with Crippen LogP contribution in [0.4, 0.5) is 11.5 Å². The van der Waals surface area contributed by atoms with E-state index in [1.54, 1.807) is 17.9 Å². The number of benzene rings is 1. The van der Waals surface area contributed by atoms with Crippen molar-refractivity contribution in [2.75, 3.05) is 29.9 Å². The summed E-state index contributed by atoms with van der Waals surface area (Å²) in [6, 6.07) is 9.25. The van der Waals surface area contributed by atoms with Crippen LogP contribution in [-0.2, 0) is 4.79 Å². The zero-order chi connectivity index (χ0) is 16.2. The Bertz CT molecular complexity index is 703. The van der Waals surface area contributed by atoms with Crippen molar-refractivity contribution in [2.45, 2.75) is 13.3 Å². The lowest BCUT2D eigenvalue weighted by Crippen LogP contribution is -2.39. The second kappa shape index (κ2) is 6.83. The predicted molar refractivity (Wildman–Crippen MR) is 89.2 cm³/mol. The topological polar surface area (TPSA) is 67.4 Å². The van der Waals surface area contributed by atoms with Crippen LogP contribution in [0.1, 0.15) is 12.2 Å². The fourth-order valence-electron chi connectivity index (χ4n) is 2.47. The summed E-state index contributed by atoms with van der Waals surface area (Å²) in [5, 5.41) is 3.61. The number of aromatic nitrogens is 2. The van der Waals surface area contributed by atoms with Gasteiger partial charge in [0.1, 0.15) is 22.5 Å². The van der Waals surface area contributed by atoms with Crippen LogP contribution < -0.4 is 15.0 Å². The van der Waals surface area contributed by atoms with E-state index < -0.39 is 0 Å². The second-order valence-electron chi connectivity index (χ2n) is 5.21. The van der Waals surface area contributed by atoms with E-state index in [1.807, 2.05) is 24.3 Å². The van der Waals surface area contributed by atoms with Gasteiger partial charge in [-0.2, -0.15) is 0 Å². The maximum atomic E-state index is 12.1. The third-order valence-electron chi connectivity index (χ3n) is 3.48. The molecule has 1 amide bonds. The lowest BCUT2D eigenvalue weighted by molar-refractivity contribution is -0.121. The number of carbonyl (C=O) groups excluding carboxylic acids is 1. The van der Waals surface area contributed by atoms with Crippen LogP contribution in [0.3, 0.4) is 0 Å². The van der Waals surface area contributed by atoms with Gasteiger partial charge in [-0.1, -0.05) is 23.7 Å². The third-order valence-corrected chi connectivity index (χ3v) is 3.67. The molecule has 2 aromatic rings. The van der Waals surface area contributed by atoms with Crippen molar-refractivity contribution in [3.8, 4) is 5.75 Å². The van der Waals surface area contributed by atoms with Gasteiger partial charge in [0.15, 0.2) is 6.61 Å². The summed E-state index contributed by atoms with van der Waals surface area (Å²) in [5.74, 6) is 2.04. The molecule has 6 nitrogen and oxygen atoms in total. The maximum Gasteiger partial charge on any atom is 0.265 e. The summed E-state index contributed by atoms with van der Waals surface area (Å²) in [6.45, 7) is 3.18. The fraction of sp³-hybridized carbons (Fsp3) is 0.312. The van der Waals surface area contributed by atoms with Gasteiger partial charge < -0.3 is 15.0 Å². The van der Waals surface area contributed by atoms with Gasteiger partial charge in [0.05, 0.1) is 5.69 Å². The second-order valence-corrected chi connectivity index (χ2v) is 5.59. The van der Waals surface area contributed by atoms with E-state index in [-0.39, 0.29) is 12.5 Å². The molecule has 0 fully saturated rings. The van der Waals surface area contributed by atoms with Gasteiger partial charge in [-0.15, -0.1) is 0 Å². The standard InChI is InChI=1S/C16H17ClN4O2/c1-11-19-14(17)9-15(20-11)18-7-4-8-21-12-5-2-3-6-13(12)23-10-16(21)22/h2-3,5-6,9H,4,7-8,10H2,1H3,(H,18,19,20). The number of aryl methyl sites for hydroxylation is 1. The van der Waals surface area contributed by atoms with Gasteiger partial charge >= 0.3 is 0 Å². The van der Waals surface area contributed by atoms with Crippen molar-refractivity contribution in [3.63, 3.8) is 0 Å². The molecule has 0 bridgehead atoms. The lowest BCUT2D eigenvalue weighted by atomic mass is 10.2. The van der Waals surface area contributed by atoms with E-state index in [0.717, 1.165) is 17.9 Å². The van der Waals surface area contributed by atoms with Gasteiger partial charge in [0.2, 0.25) is 0 Å². The summed E-state index contributed by atoms with van der Waals surface area (Å²) in [5.41, 5.74) is 0.824. The Balaban J connectivity index is 1.57. The van der Waals surface area contributed by atoms with Crippen LogP contribution in [0.5, 0.6) is 5.75 Å². The number of para-hydroxylation sites is 2. The van der Waals surface area contributed by atoms with Gasteiger partial charge in [0, 0.05) is 19.2 Å². The van der Waals surface area contributed by atoms with Gasteiger partial charge in [-0.25, -0.2) is 9.97 Å². The third kappa shape index (κ3) is 3.71. The molecular weight excluding hydrogens is 316 g/mol. The van der Waals surface area contributed by atoms with Crippen LogP contribution in [0.25, 0.3) is 0 Å². The molecule has 0 aliphatic carbocycles. The molecule has 0 spiro atoms. The Morgan fingerprint density at radius 3 is 3.00 bits per heavy atom. The highest BCUT2D eigenvalue weighted by molar-refractivity contribution is 6.29. The molecular formula is C16H17ClN4O2. The first kappa shape index (κ1) is 15.6. The van der Waals surface area contributed by atoms with Gasteiger partial charge in [0.25, 0.3) is 5.91 Å². The minimum atomic E-state index is -0.0235. The summed E-state index contributed by atoms with van der Waals surface area (Å²) in [7, 11) is 0. The minimum Gasteiger partial charge on any atom is -0.482 e. The van der Waals surface area contributed by atoms with Crippen molar-refractivity contribution in [2.24, 2.45) is 0 Å². The molecule has 23 heavy (non-hydrogen) atoms. The van der Waals surface area contributed by atoms with E-state index in [2.05, 4.69) is 15.3 Å². The first-order chi connectivity index (χ1) is 11.1. The summed E-state index contributed by atoms with van der Waals surface area (Å²) < 4.78 is 5.43. The number of halogens is 1. The van der Waals surface area contributed by atoms with Crippen molar-refractivity contribution in [1.29, 1.82) is 0 Å². The highest BCUT2D eigenvalue weighted by Crippen LogP contribution is 2.31. The SMILES string of the molecule is Cc1nc(Cl)cc(NCCCN2C(=O)COc3ccccc32)n1. The molecule has 0 atom stereocenters. The molecule has 0 unspecified atom stereocenters. The van der Waals surface area contributed by atoms with Crippen LogP contribution in [0, 0.1) is 6.92 Å². The molecule has 1 aromatic heterocycles. The van der Waals surface area contributed by atoms with E-state index >= 15 is 0 Å². The number of amides is 1. The Morgan fingerprint density at radius 1 is 1.35 bits per heavy atom. The quantitative estimate of drug-likeness (QED) is 0.673.